The summed E-state index contributed by atoms with van der Waals surface area (Å²) in [4.78, 5) is 52.0. The van der Waals surface area contributed by atoms with Crippen molar-refractivity contribution in [2.75, 3.05) is 38.4 Å². The summed E-state index contributed by atoms with van der Waals surface area (Å²) < 4.78 is 33.6. The van der Waals surface area contributed by atoms with Gasteiger partial charge in [-0.25, -0.2) is 4.98 Å². The molecular formula is C46H71N9O9. The number of rotatable bonds is 15. The normalized spacial score (nSPS) is 33.4. The van der Waals surface area contributed by atoms with Gasteiger partial charge in [0.15, 0.2) is 12.1 Å². The van der Waals surface area contributed by atoms with Gasteiger partial charge in [-0.2, -0.15) is 0 Å². The lowest BCUT2D eigenvalue weighted by molar-refractivity contribution is -0.287. The lowest BCUT2D eigenvalue weighted by Crippen LogP contribution is -2.66. The van der Waals surface area contributed by atoms with E-state index in [9.17, 15) is 19.5 Å². The third-order valence-corrected chi connectivity index (χ3v) is 13.2. The van der Waals surface area contributed by atoms with Crippen molar-refractivity contribution in [3.05, 3.63) is 49.1 Å². The first kappa shape index (κ1) is 50.4. The van der Waals surface area contributed by atoms with Crippen molar-refractivity contribution in [2.24, 2.45) is 17.8 Å². The Morgan fingerprint density at radius 2 is 1.88 bits per heavy atom. The van der Waals surface area contributed by atoms with Crippen molar-refractivity contribution in [3.63, 3.8) is 0 Å². The molecule has 1 amide bonds. The number of aliphatic hydroxyl groups is 1. The van der Waals surface area contributed by atoms with Crippen LogP contribution in [0.1, 0.15) is 87.5 Å². The number of nitrogens with zero attached hydrogens (tertiary/aromatic N) is 6. The average molecular weight is 894 g/mol. The number of methoxy groups -OCH3 is 2. The quantitative estimate of drug-likeness (QED) is 0.0549. The number of cyclic esters (lactones) is 1. The first-order valence-electron chi connectivity index (χ1n) is 22.5. The third kappa shape index (κ3) is 12.0. The molecule has 2 fully saturated rings. The second kappa shape index (κ2) is 22.5. The minimum absolute atomic E-state index is 0.0653. The molecule has 0 saturated carbocycles. The van der Waals surface area contributed by atoms with Crippen LogP contribution in [0.15, 0.2) is 49.1 Å². The van der Waals surface area contributed by atoms with Gasteiger partial charge in [0, 0.05) is 62.9 Å². The SMILES string of the molecule is CC[C@H]1OC(=O)[C@H](C)C(=O)[C@H](C)[C@@H](O[C@@H]2OC(C)CC(Nc3cnccn3)C2O)[C@](C)(OC)C[C@@H](C)CN[C@H](C)[C@@H](N(C=O)CCCCn2cc(-c3cccc(N)c3)nn2)[C@]1(C)OC. The Balaban J connectivity index is 1.39. The number of ketones is 1. The van der Waals surface area contributed by atoms with Crippen LogP contribution in [0.4, 0.5) is 11.5 Å². The zero-order chi connectivity index (χ0) is 46.8. The average Bonchev–Trinajstić information content (AvgIpc) is 3.77. The molecule has 64 heavy (non-hydrogen) atoms. The van der Waals surface area contributed by atoms with E-state index in [1.807, 2.05) is 65.1 Å². The van der Waals surface area contributed by atoms with Gasteiger partial charge in [-0.1, -0.05) is 38.1 Å². The highest BCUT2D eigenvalue weighted by Crippen LogP contribution is 2.37. The summed E-state index contributed by atoms with van der Waals surface area (Å²) in [5, 5.41) is 27.2. The van der Waals surface area contributed by atoms with Gasteiger partial charge in [-0.15, -0.1) is 5.10 Å². The van der Waals surface area contributed by atoms with E-state index in [4.69, 9.17) is 29.4 Å². The van der Waals surface area contributed by atoms with Gasteiger partial charge < -0.3 is 50.1 Å². The van der Waals surface area contributed by atoms with Crippen LogP contribution in [0.3, 0.4) is 0 Å². The van der Waals surface area contributed by atoms with Crippen LogP contribution in [0, 0.1) is 17.8 Å². The monoisotopic (exact) mass is 894 g/mol. The highest BCUT2D eigenvalue weighted by Gasteiger charge is 2.52. The van der Waals surface area contributed by atoms with Gasteiger partial charge in [-0.3, -0.25) is 24.0 Å². The van der Waals surface area contributed by atoms with E-state index >= 15 is 0 Å². The topological polar surface area (TPSA) is 227 Å². The number of unbranched alkanes of at least 4 members (excludes halogenated alkanes) is 1. The number of esters is 1. The molecule has 0 spiro atoms. The van der Waals surface area contributed by atoms with Crippen molar-refractivity contribution in [2.45, 2.75) is 154 Å². The number of carbonyl (C=O) groups excluding carboxylic acids is 3. The molecule has 3 unspecified atom stereocenters. The number of Topliss-reactive ketones (excluding diaryl/α,β-unsaturated/α-hetero) is 1. The number of amides is 1. The number of benzene rings is 1. The van der Waals surface area contributed by atoms with Crippen LogP contribution >= 0.6 is 0 Å². The summed E-state index contributed by atoms with van der Waals surface area (Å²) in [6.07, 6.45) is 5.46. The fraction of sp³-hybridized carbons (Fsp3) is 0.674. The standard InChI is InChI=1S/C46H71N9O9/c1-11-37-46(8,61-10)41(54(27-56)19-12-13-20-55-26-36(52-53-55)33-15-14-16-34(47)22-33)32(6)50-24-28(2)23-45(7,60-9)42(30(4)39(57)31(5)43(59)63-37)64-44-40(58)35(21-29(3)62-44)51-38-25-48-17-18-49-38/h14-18,22,25-32,35,37,40-42,44,50,58H,11-13,19-21,23-24,47H2,1-10H3,(H,49,51)/t28-,29?,30+,31-,32-,35?,37-,40?,41-,42-,44+,45-,46-/m1/s1. The van der Waals surface area contributed by atoms with Crippen LogP contribution in [-0.2, 0) is 44.6 Å². The molecule has 5 rings (SSSR count). The number of nitrogens with two attached hydrogens (primary N) is 1. The van der Waals surface area contributed by atoms with Gasteiger partial charge in [0.25, 0.3) is 0 Å². The van der Waals surface area contributed by atoms with Crippen molar-refractivity contribution < 1.29 is 43.2 Å². The van der Waals surface area contributed by atoms with E-state index in [0.29, 0.717) is 63.2 Å². The molecule has 5 N–H and O–H groups in total. The molecule has 18 nitrogen and oxygen atoms in total. The van der Waals surface area contributed by atoms with Crippen molar-refractivity contribution in [1.82, 2.24) is 35.2 Å². The summed E-state index contributed by atoms with van der Waals surface area (Å²) in [5.41, 5.74) is 5.89. The Morgan fingerprint density at radius 1 is 1.11 bits per heavy atom. The van der Waals surface area contributed by atoms with Crippen molar-refractivity contribution in [3.8, 4) is 11.3 Å². The molecule has 1 aromatic carbocycles. The maximum Gasteiger partial charge on any atom is 0.316 e. The molecule has 13 atom stereocenters. The molecule has 2 aliphatic heterocycles. The number of aliphatic hydroxyl groups excluding tert-OH is 1. The fourth-order valence-electron chi connectivity index (χ4n) is 9.51. The molecule has 3 aromatic rings. The smallest absolute Gasteiger partial charge is 0.316 e. The van der Waals surface area contributed by atoms with Crippen LogP contribution < -0.4 is 16.4 Å². The summed E-state index contributed by atoms with van der Waals surface area (Å²) in [6.45, 7) is 16.2. The number of aromatic nitrogens is 5. The van der Waals surface area contributed by atoms with E-state index in [1.54, 1.807) is 49.3 Å². The summed E-state index contributed by atoms with van der Waals surface area (Å²) >= 11 is 0. The summed E-state index contributed by atoms with van der Waals surface area (Å²) in [7, 11) is 3.12. The minimum Gasteiger partial charge on any atom is -0.459 e. The van der Waals surface area contributed by atoms with Gasteiger partial charge in [0.2, 0.25) is 6.41 Å². The third-order valence-electron chi connectivity index (χ3n) is 13.2. The van der Waals surface area contributed by atoms with Crippen LogP contribution in [0.5, 0.6) is 0 Å². The Labute approximate surface area is 377 Å². The molecular weight excluding hydrogens is 823 g/mol. The number of anilines is 2. The highest BCUT2D eigenvalue weighted by molar-refractivity contribution is 6.00. The number of ether oxygens (including phenoxy) is 5. The fourth-order valence-corrected chi connectivity index (χ4v) is 9.51. The first-order chi connectivity index (χ1) is 30.5. The number of hydrogen-bond donors (Lipinski definition) is 4. The van der Waals surface area contributed by atoms with Gasteiger partial charge in [0.05, 0.1) is 42.3 Å². The molecule has 18 heteroatoms. The largest absolute Gasteiger partial charge is 0.459 e. The van der Waals surface area contributed by atoms with Gasteiger partial charge in [0.1, 0.15) is 35.2 Å². The lowest BCUT2D eigenvalue weighted by atomic mass is 9.78. The number of nitrogen functional groups attached to an aromatic ring is 1. The molecule has 0 bridgehead atoms. The second-order valence-electron chi connectivity index (χ2n) is 18.1. The number of hydrogen-bond acceptors (Lipinski definition) is 16. The Hall–Kier alpha value is -4.59. The Kier molecular flexibility index (Phi) is 17.8. The summed E-state index contributed by atoms with van der Waals surface area (Å²) in [6, 6.07) is 5.99. The Morgan fingerprint density at radius 3 is 2.53 bits per heavy atom. The molecule has 2 aliphatic rings. The minimum atomic E-state index is -1.21. The predicted molar refractivity (Wildman–Crippen MR) is 241 cm³/mol. The zero-order valence-electron chi connectivity index (χ0n) is 39.2. The molecule has 2 aromatic heterocycles. The van der Waals surface area contributed by atoms with E-state index in [-0.39, 0.29) is 18.1 Å². The van der Waals surface area contributed by atoms with E-state index in [0.717, 1.165) is 17.7 Å². The maximum absolute atomic E-state index is 14.5. The molecule has 2 saturated heterocycles. The molecule has 354 valence electrons. The Bertz CT molecular complexity index is 1960. The first-order valence-corrected chi connectivity index (χ1v) is 22.5. The molecule has 4 heterocycles. The zero-order valence-corrected chi connectivity index (χ0v) is 39.2. The summed E-state index contributed by atoms with van der Waals surface area (Å²) in [5.74, 6) is -2.86. The van der Waals surface area contributed by atoms with Crippen LogP contribution in [-0.4, -0.2) is 140 Å². The number of carbonyl (C=O) groups is 3. The van der Waals surface area contributed by atoms with E-state index in [2.05, 4.69) is 37.8 Å². The van der Waals surface area contributed by atoms with Gasteiger partial charge in [-0.05, 0) is 91.3 Å². The van der Waals surface area contributed by atoms with Crippen LogP contribution in [0.2, 0.25) is 0 Å². The van der Waals surface area contributed by atoms with Crippen molar-refractivity contribution in [1.29, 1.82) is 0 Å². The second-order valence-corrected chi connectivity index (χ2v) is 18.1. The van der Waals surface area contributed by atoms with Crippen molar-refractivity contribution >= 4 is 29.7 Å². The number of aryl methyl sites for hydroxylation is 1. The molecule has 0 radical (unpaired) electrons. The highest BCUT2D eigenvalue weighted by atomic mass is 16.7. The molecule has 0 aliphatic carbocycles. The van der Waals surface area contributed by atoms with Gasteiger partial charge >= 0.3 is 5.97 Å². The van der Waals surface area contributed by atoms with Crippen LogP contribution in [0.25, 0.3) is 11.3 Å². The maximum atomic E-state index is 14.5. The predicted octanol–water partition coefficient (Wildman–Crippen LogP) is 4.28. The van der Waals surface area contributed by atoms with E-state index < -0.39 is 71.5 Å². The lowest BCUT2D eigenvalue weighted by Gasteiger charge is -2.48. The van der Waals surface area contributed by atoms with E-state index in [1.165, 1.54) is 6.92 Å². The number of nitrogens with one attached hydrogen (secondary N) is 2.